The van der Waals surface area contributed by atoms with Gasteiger partial charge in [-0.15, -0.1) is 0 Å². The number of sulfonamides is 1. The Balaban J connectivity index is 1.72. The second-order valence-corrected chi connectivity index (χ2v) is 9.16. The number of benzene rings is 3. The molecule has 0 unspecified atom stereocenters. The lowest BCUT2D eigenvalue weighted by molar-refractivity contribution is -0.120. The van der Waals surface area contributed by atoms with Crippen LogP contribution in [0.25, 0.3) is 0 Å². The summed E-state index contributed by atoms with van der Waals surface area (Å²) in [5.74, 6) is -1.25. The van der Waals surface area contributed by atoms with Crippen LogP contribution in [0.1, 0.15) is 11.1 Å². The molecule has 0 radical (unpaired) electrons. The van der Waals surface area contributed by atoms with E-state index in [0.717, 1.165) is 39.7 Å². The van der Waals surface area contributed by atoms with Gasteiger partial charge in [-0.1, -0.05) is 36.4 Å². The summed E-state index contributed by atoms with van der Waals surface area (Å²) >= 11 is 0. The number of halogens is 1. The van der Waals surface area contributed by atoms with E-state index < -0.39 is 27.8 Å². The third-order valence-corrected chi connectivity index (χ3v) is 7.17. The Morgan fingerprint density at radius 3 is 2.34 bits per heavy atom. The van der Waals surface area contributed by atoms with E-state index in [2.05, 4.69) is 5.32 Å². The molecule has 10 heteroatoms. The molecule has 0 aliphatic carbocycles. The molecule has 0 fully saturated rings. The van der Waals surface area contributed by atoms with Crippen LogP contribution >= 0.6 is 0 Å². The molecule has 1 aliphatic rings. The highest BCUT2D eigenvalue weighted by atomic mass is 32.2. The summed E-state index contributed by atoms with van der Waals surface area (Å²) in [4.78, 5) is 13.1. The molecule has 1 atom stereocenters. The van der Waals surface area contributed by atoms with Crippen molar-refractivity contribution in [1.29, 1.82) is 0 Å². The molecule has 0 spiro atoms. The van der Waals surface area contributed by atoms with Crippen LogP contribution in [-0.4, -0.2) is 29.9 Å². The van der Waals surface area contributed by atoms with Crippen LogP contribution in [0.4, 0.5) is 15.8 Å². The fraction of sp³-hybridized carbons (Fsp3) is 0.136. The van der Waals surface area contributed by atoms with E-state index in [4.69, 9.17) is 0 Å². The number of amides is 1. The maximum Gasteiger partial charge on any atom is 0.244 e. The molecule has 4 rings (SSSR count). The maximum atomic E-state index is 13.4. The van der Waals surface area contributed by atoms with E-state index in [-0.39, 0.29) is 34.5 Å². The van der Waals surface area contributed by atoms with Gasteiger partial charge in [0, 0.05) is 6.54 Å². The Morgan fingerprint density at radius 1 is 1.03 bits per heavy atom. The van der Waals surface area contributed by atoms with Gasteiger partial charge in [0.25, 0.3) is 0 Å². The number of anilines is 2. The molecule has 1 amide bonds. The van der Waals surface area contributed by atoms with E-state index in [1.165, 1.54) is 18.2 Å². The molecule has 1 aliphatic heterocycles. The minimum absolute atomic E-state index is 0.0352. The van der Waals surface area contributed by atoms with Crippen molar-refractivity contribution in [3.63, 3.8) is 0 Å². The molecule has 3 aromatic rings. The van der Waals surface area contributed by atoms with Crippen LogP contribution in [0.5, 0.6) is 0 Å². The fourth-order valence-corrected chi connectivity index (χ4v) is 5.24. The summed E-state index contributed by atoms with van der Waals surface area (Å²) in [5.41, 5.74) is 1.42. The molecule has 166 valence electrons. The van der Waals surface area contributed by atoms with Gasteiger partial charge in [-0.2, -0.15) is 4.31 Å². The van der Waals surface area contributed by atoms with Crippen LogP contribution in [0.2, 0.25) is 0 Å². The second-order valence-electron chi connectivity index (χ2n) is 7.27. The van der Waals surface area contributed by atoms with Gasteiger partial charge in [-0.25, -0.2) is 12.8 Å². The SMILES string of the molecule is O=C(Nc1ccccc1N([O-])O)[C@@H]1Cc2ccccc2CN1S(=O)(=O)c1ccc(F)cc1. The Bertz CT molecular complexity index is 1250. The molecular weight excluding hydrogens is 437 g/mol. The Labute approximate surface area is 184 Å². The van der Waals surface area contributed by atoms with E-state index in [0.29, 0.717) is 0 Å². The predicted molar refractivity (Wildman–Crippen MR) is 116 cm³/mol. The Hall–Kier alpha value is -3.31. The fourth-order valence-electron chi connectivity index (χ4n) is 3.68. The number of fused-ring (bicyclic) bond motifs is 1. The lowest BCUT2D eigenvalue weighted by Gasteiger charge is -2.35. The zero-order valence-corrected chi connectivity index (χ0v) is 17.5. The molecule has 0 saturated carbocycles. The van der Waals surface area contributed by atoms with Gasteiger partial charge in [0.15, 0.2) is 0 Å². The van der Waals surface area contributed by atoms with Crippen molar-refractivity contribution >= 4 is 27.3 Å². The number of carbonyl (C=O) groups is 1. The van der Waals surface area contributed by atoms with Gasteiger partial charge in [0.2, 0.25) is 15.9 Å². The average molecular weight is 456 g/mol. The number of carbonyl (C=O) groups excluding carboxylic acids is 1. The number of nitrogens with zero attached hydrogens (tertiary/aromatic N) is 2. The van der Waals surface area contributed by atoms with E-state index in [9.17, 15) is 28.0 Å². The third kappa shape index (κ3) is 4.21. The predicted octanol–water partition coefficient (Wildman–Crippen LogP) is 3.27. The largest absolute Gasteiger partial charge is 0.733 e. The number of para-hydroxylation sites is 2. The zero-order valence-electron chi connectivity index (χ0n) is 16.7. The molecule has 0 saturated heterocycles. The van der Waals surface area contributed by atoms with Gasteiger partial charge in [-0.05, 0) is 53.9 Å². The maximum absolute atomic E-state index is 13.4. The zero-order chi connectivity index (χ0) is 22.9. The van der Waals surface area contributed by atoms with Crippen molar-refractivity contribution in [1.82, 2.24) is 4.31 Å². The summed E-state index contributed by atoms with van der Waals surface area (Å²) < 4.78 is 41.2. The van der Waals surface area contributed by atoms with Crippen LogP contribution in [0, 0.1) is 11.0 Å². The van der Waals surface area contributed by atoms with Gasteiger partial charge >= 0.3 is 0 Å². The first-order chi connectivity index (χ1) is 15.3. The number of nitrogens with one attached hydrogen (secondary N) is 1. The van der Waals surface area contributed by atoms with E-state index >= 15 is 0 Å². The number of rotatable bonds is 5. The minimum Gasteiger partial charge on any atom is -0.733 e. The number of hydrogen-bond acceptors (Lipinski definition) is 6. The Kier molecular flexibility index (Phi) is 5.94. The lowest BCUT2D eigenvalue weighted by atomic mass is 9.95. The second kappa shape index (κ2) is 8.67. The summed E-state index contributed by atoms with van der Waals surface area (Å²) in [6, 6.07) is 16.2. The quantitative estimate of drug-likeness (QED) is 0.570. The number of hydrogen-bond donors (Lipinski definition) is 2. The van der Waals surface area contributed by atoms with Crippen molar-refractivity contribution in [2.24, 2.45) is 0 Å². The van der Waals surface area contributed by atoms with Crippen molar-refractivity contribution in [3.05, 3.63) is 94.9 Å². The summed E-state index contributed by atoms with van der Waals surface area (Å²) in [6.07, 6.45) is 0.102. The molecule has 8 nitrogen and oxygen atoms in total. The first-order valence-electron chi connectivity index (χ1n) is 9.67. The van der Waals surface area contributed by atoms with Gasteiger partial charge < -0.3 is 15.8 Å². The van der Waals surface area contributed by atoms with E-state index in [1.54, 1.807) is 24.3 Å². The Morgan fingerprint density at radius 2 is 1.66 bits per heavy atom. The van der Waals surface area contributed by atoms with Gasteiger partial charge in [0.05, 0.1) is 16.3 Å². The van der Waals surface area contributed by atoms with E-state index in [1.807, 2.05) is 6.07 Å². The van der Waals surface area contributed by atoms with Crippen LogP contribution in [0.3, 0.4) is 0 Å². The molecule has 0 bridgehead atoms. The van der Waals surface area contributed by atoms with Gasteiger partial charge in [-0.3, -0.25) is 10.0 Å². The molecule has 2 N–H and O–H groups in total. The highest BCUT2D eigenvalue weighted by Crippen LogP contribution is 2.31. The summed E-state index contributed by atoms with van der Waals surface area (Å²) in [5, 5.41) is 22.9. The molecule has 1 heterocycles. The topological polar surface area (TPSA) is 113 Å². The van der Waals surface area contributed by atoms with Crippen LogP contribution in [0.15, 0.2) is 77.7 Å². The van der Waals surface area contributed by atoms with Crippen molar-refractivity contribution in [2.45, 2.75) is 23.9 Å². The van der Waals surface area contributed by atoms with Crippen LogP contribution in [-0.2, 0) is 27.8 Å². The van der Waals surface area contributed by atoms with Crippen molar-refractivity contribution < 1.29 is 22.8 Å². The first-order valence-corrected chi connectivity index (χ1v) is 11.1. The summed E-state index contributed by atoms with van der Waals surface area (Å²) in [6.45, 7) is -0.0523. The first kappa shape index (κ1) is 21.9. The standard InChI is InChI=1S/C22H19FN3O5S/c23-17-9-11-18(12-10-17)32(30,31)25-14-16-6-2-1-5-15(16)13-21(25)22(27)24-19-7-3-4-8-20(19)26(28)29/h1-12,21,28H,13-14H2,(H,24,27)/q-1/t21-/m0/s1. The lowest BCUT2D eigenvalue weighted by Crippen LogP contribution is -2.50. The molecule has 3 aromatic carbocycles. The minimum atomic E-state index is -4.15. The molecule has 0 aromatic heterocycles. The summed E-state index contributed by atoms with van der Waals surface area (Å²) in [7, 11) is -4.15. The van der Waals surface area contributed by atoms with Crippen LogP contribution < -0.4 is 10.5 Å². The van der Waals surface area contributed by atoms with Crippen molar-refractivity contribution in [3.8, 4) is 0 Å². The highest BCUT2D eigenvalue weighted by Gasteiger charge is 2.39. The van der Waals surface area contributed by atoms with Crippen molar-refractivity contribution in [2.75, 3.05) is 10.5 Å². The smallest absolute Gasteiger partial charge is 0.244 e. The van der Waals surface area contributed by atoms with Gasteiger partial charge in [0.1, 0.15) is 11.9 Å². The molecular formula is C22H19FN3O5S-. The monoisotopic (exact) mass is 456 g/mol. The highest BCUT2D eigenvalue weighted by molar-refractivity contribution is 7.89. The molecule has 32 heavy (non-hydrogen) atoms. The normalized spacial score (nSPS) is 16.3. The third-order valence-electron chi connectivity index (χ3n) is 5.30. The average Bonchev–Trinajstić information content (AvgIpc) is 2.78.